The Bertz CT molecular complexity index is 699. The molecule has 1 amide bonds. The number of hydrogen-bond donors (Lipinski definition) is 1. The molecule has 128 valence electrons. The highest BCUT2D eigenvalue weighted by atomic mass is 16.5. The number of ether oxygens (including phenoxy) is 2. The minimum Gasteiger partial charge on any atom is -0.490 e. The van der Waals surface area contributed by atoms with Crippen LogP contribution in [0.1, 0.15) is 24.7 Å². The minimum absolute atomic E-state index is 0.0212. The van der Waals surface area contributed by atoms with Crippen LogP contribution in [0.15, 0.2) is 24.5 Å². The van der Waals surface area contributed by atoms with E-state index in [2.05, 4.69) is 15.5 Å². The number of benzene rings is 1. The lowest BCUT2D eigenvalue weighted by Crippen LogP contribution is -2.27. The molecule has 0 fully saturated rings. The molecule has 1 aliphatic rings. The molecule has 0 saturated carbocycles. The molecule has 1 aliphatic heterocycles. The fourth-order valence-corrected chi connectivity index (χ4v) is 2.62. The molecule has 24 heavy (non-hydrogen) atoms. The molecule has 1 aromatic carbocycles. The van der Waals surface area contributed by atoms with Crippen molar-refractivity contribution in [3.05, 3.63) is 35.9 Å². The zero-order valence-electron chi connectivity index (χ0n) is 13.8. The van der Waals surface area contributed by atoms with Gasteiger partial charge in [0.15, 0.2) is 11.5 Å². The van der Waals surface area contributed by atoms with E-state index in [0.717, 1.165) is 30.1 Å². The Morgan fingerprint density at radius 3 is 2.96 bits per heavy atom. The molecule has 0 unspecified atom stereocenters. The first-order chi connectivity index (χ1) is 11.8. The van der Waals surface area contributed by atoms with Gasteiger partial charge in [-0.2, -0.15) is 0 Å². The zero-order chi connectivity index (χ0) is 16.8. The standard InChI is InChI=1S/C17H22N4O3/c1-2-21-12-19-20-16(21)6-7-18-17(22)11-13-4-5-14-15(10-13)24-9-3-8-23-14/h4-5,10,12H,2-3,6-9,11H2,1H3,(H,18,22). The Hall–Kier alpha value is -2.57. The van der Waals surface area contributed by atoms with Crippen LogP contribution >= 0.6 is 0 Å². The highest BCUT2D eigenvalue weighted by Gasteiger charge is 2.12. The first-order valence-electron chi connectivity index (χ1n) is 8.28. The van der Waals surface area contributed by atoms with E-state index < -0.39 is 0 Å². The third kappa shape index (κ3) is 4.04. The average molecular weight is 330 g/mol. The molecule has 0 spiro atoms. The van der Waals surface area contributed by atoms with Gasteiger partial charge >= 0.3 is 0 Å². The van der Waals surface area contributed by atoms with Gasteiger partial charge in [-0.25, -0.2) is 0 Å². The molecule has 0 radical (unpaired) electrons. The molecule has 2 heterocycles. The SMILES string of the molecule is CCn1cnnc1CCNC(=O)Cc1ccc2c(c1)OCCCO2. The summed E-state index contributed by atoms with van der Waals surface area (Å²) in [5, 5.41) is 10.9. The highest BCUT2D eigenvalue weighted by Crippen LogP contribution is 2.30. The van der Waals surface area contributed by atoms with E-state index >= 15 is 0 Å². The second kappa shape index (κ2) is 7.81. The van der Waals surface area contributed by atoms with E-state index in [1.54, 1.807) is 6.33 Å². The topological polar surface area (TPSA) is 78.3 Å². The number of rotatable bonds is 6. The Kier molecular flexibility index (Phi) is 5.30. The van der Waals surface area contributed by atoms with Crippen LogP contribution in [0.25, 0.3) is 0 Å². The number of carbonyl (C=O) groups is 1. The molecular formula is C17H22N4O3. The number of hydrogen-bond acceptors (Lipinski definition) is 5. The predicted molar refractivity (Wildman–Crippen MR) is 88.2 cm³/mol. The van der Waals surface area contributed by atoms with Crippen LogP contribution < -0.4 is 14.8 Å². The third-order valence-corrected chi connectivity index (χ3v) is 3.88. The van der Waals surface area contributed by atoms with Crippen molar-refractivity contribution >= 4 is 5.91 Å². The van der Waals surface area contributed by atoms with Crippen LogP contribution in [-0.2, 0) is 24.2 Å². The average Bonchev–Trinajstić information content (AvgIpc) is 2.90. The number of nitrogens with one attached hydrogen (secondary N) is 1. The maximum atomic E-state index is 12.1. The van der Waals surface area contributed by atoms with E-state index in [1.165, 1.54) is 0 Å². The quantitative estimate of drug-likeness (QED) is 0.865. The van der Waals surface area contributed by atoms with Crippen molar-refractivity contribution < 1.29 is 14.3 Å². The van der Waals surface area contributed by atoms with Gasteiger partial charge in [-0.15, -0.1) is 10.2 Å². The van der Waals surface area contributed by atoms with Crippen LogP contribution in [0.2, 0.25) is 0 Å². The molecule has 7 heteroatoms. The van der Waals surface area contributed by atoms with Crippen molar-refractivity contribution in [3.63, 3.8) is 0 Å². The summed E-state index contributed by atoms with van der Waals surface area (Å²) >= 11 is 0. The van der Waals surface area contributed by atoms with E-state index in [0.29, 0.717) is 38.3 Å². The Morgan fingerprint density at radius 2 is 2.12 bits per heavy atom. The summed E-state index contributed by atoms with van der Waals surface area (Å²) in [6.07, 6.45) is 3.56. The summed E-state index contributed by atoms with van der Waals surface area (Å²) in [6, 6.07) is 5.65. The zero-order valence-corrected chi connectivity index (χ0v) is 13.8. The van der Waals surface area contributed by atoms with Crippen LogP contribution in [0.5, 0.6) is 11.5 Å². The molecule has 2 aromatic rings. The molecule has 0 saturated heterocycles. The first-order valence-corrected chi connectivity index (χ1v) is 8.28. The van der Waals surface area contributed by atoms with E-state index in [9.17, 15) is 4.79 Å². The third-order valence-electron chi connectivity index (χ3n) is 3.88. The maximum absolute atomic E-state index is 12.1. The second-order valence-electron chi connectivity index (χ2n) is 5.64. The van der Waals surface area contributed by atoms with Crippen LogP contribution in [-0.4, -0.2) is 40.4 Å². The summed E-state index contributed by atoms with van der Waals surface area (Å²) in [5.74, 6) is 2.32. The largest absolute Gasteiger partial charge is 0.490 e. The number of nitrogens with zero attached hydrogens (tertiary/aromatic N) is 3. The monoisotopic (exact) mass is 330 g/mol. The molecule has 3 rings (SSSR count). The first kappa shape index (κ1) is 16.3. The van der Waals surface area contributed by atoms with Gasteiger partial charge in [0, 0.05) is 25.9 Å². The Labute approximate surface area is 141 Å². The lowest BCUT2D eigenvalue weighted by Gasteiger charge is -2.10. The lowest BCUT2D eigenvalue weighted by atomic mass is 10.1. The molecule has 0 bridgehead atoms. The van der Waals surface area contributed by atoms with Gasteiger partial charge in [0.25, 0.3) is 0 Å². The molecule has 0 aliphatic carbocycles. The highest BCUT2D eigenvalue weighted by molar-refractivity contribution is 5.78. The van der Waals surface area contributed by atoms with Crippen LogP contribution in [0, 0.1) is 0 Å². The summed E-state index contributed by atoms with van der Waals surface area (Å²) in [6.45, 7) is 4.71. The van der Waals surface area contributed by atoms with Gasteiger partial charge in [0.05, 0.1) is 19.6 Å². The second-order valence-corrected chi connectivity index (χ2v) is 5.64. The van der Waals surface area contributed by atoms with Gasteiger partial charge in [-0.1, -0.05) is 6.07 Å². The number of aromatic nitrogens is 3. The fourth-order valence-electron chi connectivity index (χ4n) is 2.62. The smallest absolute Gasteiger partial charge is 0.224 e. The van der Waals surface area contributed by atoms with Crippen molar-refractivity contribution in [2.45, 2.75) is 32.7 Å². The summed E-state index contributed by atoms with van der Waals surface area (Å²) < 4.78 is 13.2. The van der Waals surface area contributed by atoms with Gasteiger partial charge in [0.2, 0.25) is 5.91 Å². The number of aryl methyl sites for hydroxylation is 1. The Morgan fingerprint density at radius 1 is 1.29 bits per heavy atom. The van der Waals surface area contributed by atoms with Gasteiger partial charge in [-0.05, 0) is 24.6 Å². The Balaban J connectivity index is 1.51. The van der Waals surface area contributed by atoms with Gasteiger partial charge < -0.3 is 19.4 Å². The molecule has 1 aromatic heterocycles. The van der Waals surface area contributed by atoms with Crippen LogP contribution in [0.3, 0.4) is 0 Å². The fraction of sp³-hybridized carbons (Fsp3) is 0.471. The molecule has 7 nitrogen and oxygen atoms in total. The number of amides is 1. The predicted octanol–water partition coefficient (Wildman–Crippen LogP) is 1.36. The summed E-state index contributed by atoms with van der Waals surface area (Å²) in [4.78, 5) is 12.1. The van der Waals surface area contributed by atoms with Crippen molar-refractivity contribution in [1.82, 2.24) is 20.1 Å². The van der Waals surface area contributed by atoms with E-state index in [4.69, 9.17) is 9.47 Å². The van der Waals surface area contributed by atoms with Crippen LogP contribution in [0.4, 0.5) is 0 Å². The normalized spacial score (nSPS) is 13.4. The summed E-state index contributed by atoms with van der Waals surface area (Å²) in [5.41, 5.74) is 0.911. The number of carbonyl (C=O) groups excluding carboxylic acids is 1. The van der Waals surface area contributed by atoms with Crippen molar-refractivity contribution in [2.75, 3.05) is 19.8 Å². The van der Waals surface area contributed by atoms with Gasteiger partial charge in [0.1, 0.15) is 12.2 Å². The maximum Gasteiger partial charge on any atom is 0.224 e. The van der Waals surface area contributed by atoms with Crippen molar-refractivity contribution in [2.24, 2.45) is 0 Å². The summed E-state index contributed by atoms with van der Waals surface area (Å²) in [7, 11) is 0. The molecule has 0 atom stereocenters. The van der Waals surface area contributed by atoms with Gasteiger partial charge in [-0.3, -0.25) is 4.79 Å². The number of fused-ring (bicyclic) bond motifs is 1. The molecular weight excluding hydrogens is 308 g/mol. The van der Waals surface area contributed by atoms with E-state index in [1.807, 2.05) is 29.7 Å². The van der Waals surface area contributed by atoms with Crippen molar-refractivity contribution in [3.8, 4) is 11.5 Å². The van der Waals surface area contributed by atoms with Crippen molar-refractivity contribution in [1.29, 1.82) is 0 Å². The lowest BCUT2D eigenvalue weighted by molar-refractivity contribution is -0.120. The van der Waals surface area contributed by atoms with E-state index in [-0.39, 0.29) is 5.91 Å². The minimum atomic E-state index is -0.0212. The molecule has 1 N–H and O–H groups in total.